The maximum absolute atomic E-state index is 13.4. The molecule has 0 saturated heterocycles. The highest BCUT2D eigenvalue weighted by Gasteiger charge is 2.23. The minimum Gasteiger partial charge on any atom is -0.332 e. The molecule has 4 nitrogen and oxygen atoms in total. The van der Waals surface area contributed by atoms with E-state index in [1.807, 2.05) is 37.4 Å². The Morgan fingerprint density at radius 1 is 1.03 bits per heavy atom. The SMILES string of the molecule is CCCN(CC(=O)N(Cc1ccc(F)cc1)Cc1sccc1C)C(=O)c1cccc(Br)c1. The average Bonchev–Trinajstić information content (AvgIpc) is 3.18. The smallest absolute Gasteiger partial charge is 0.254 e. The van der Waals surface area contributed by atoms with Gasteiger partial charge in [-0.1, -0.05) is 41.1 Å². The standard InChI is InChI=1S/C25H26BrFN2O2S/c1-3-12-28(25(31)20-5-4-6-21(26)14-20)17-24(30)29(16-23-18(2)11-13-32-23)15-19-7-9-22(27)10-8-19/h4-11,13-14H,3,12,15-17H2,1-2H3. The summed E-state index contributed by atoms with van der Waals surface area (Å²) in [4.78, 5) is 30.9. The van der Waals surface area contributed by atoms with Gasteiger partial charge in [0.15, 0.2) is 0 Å². The quantitative estimate of drug-likeness (QED) is 0.347. The number of carbonyl (C=O) groups excluding carboxylic acids is 2. The van der Waals surface area contributed by atoms with Gasteiger partial charge < -0.3 is 9.80 Å². The van der Waals surface area contributed by atoms with Crippen molar-refractivity contribution >= 4 is 39.1 Å². The van der Waals surface area contributed by atoms with Gasteiger partial charge in [-0.3, -0.25) is 9.59 Å². The number of amides is 2. The summed E-state index contributed by atoms with van der Waals surface area (Å²) in [5.41, 5.74) is 2.51. The van der Waals surface area contributed by atoms with E-state index in [1.54, 1.807) is 45.4 Å². The van der Waals surface area contributed by atoms with Crippen LogP contribution in [0.4, 0.5) is 4.39 Å². The predicted octanol–water partition coefficient (Wildman–Crippen LogP) is 6.04. The second-order valence-corrected chi connectivity index (χ2v) is 9.56. The van der Waals surface area contributed by atoms with Gasteiger partial charge in [0.25, 0.3) is 5.91 Å². The summed E-state index contributed by atoms with van der Waals surface area (Å²) in [7, 11) is 0. The molecular weight excluding hydrogens is 491 g/mol. The zero-order valence-corrected chi connectivity index (χ0v) is 20.6. The van der Waals surface area contributed by atoms with E-state index in [4.69, 9.17) is 0 Å². The molecule has 0 aliphatic carbocycles. The molecule has 2 amide bonds. The molecule has 0 unspecified atom stereocenters. The number of hydrogen-bond acceptors (Lipinski definition) is 3. The zero-order chi connectivity index (χ0) is 23.1. The Morgan fingerprint density at radius 3 is 2.41 bits per heavy atom. The molecule has 0 aliphatic rings. The molecule has 2 aromatic carbocycles. The van der Waals surface area contributed by atoms with Crippen molar-refractivity contribution in [2.24, 2.45) is 0 Å². The van der Waals surface area contributed by atoms with E-state index in [1.165, 1.54) is 12.1 Å². The molecule has 32 heavy (non-hydrogen) atoms. The molecule has 0 saturated carbocycles. The maximum atomic E-state index is 13.4. The van der Waals surface area contributed by atoms with E-state index in [9.17, 15) is 14.0 Å². The first-order chi connectivity index (χ1) is 15.4. The van der Waals surface area contributed by atoms with Crippen molar-refractivity contribution in [3.05, 3.63) is 91.8 Å². The van der Waals surface area contributed by atoms with Crippen LogP contribution in [0, 0.1) is 12.7 Å². The number of carbonyl (C=O) groups is 2. The van der Waals surface area contributed by atoms with Gasteiger partial charge >= 0.3 is 0 Å². The number of halogens is 2. The first-order valence-electron chi connectivity index (χ1n) is 10.5. The molecule has 0 aliphatic heterocycles. The molecule has 0 atom stereocenters. The van der Waals surface area contributed by atoms with E-state index in [0.717, 1.165) is 26.9 Å². The molecule has 1 heterocycles. The number of thiophene rings is 1. The van der Waals surface area contributed by atoms with E-state index < -0.39 is 0 Å². The second-order valence-electron chi connectivity index (χ2n) is 7.64. The van der Waals surface area contributed by atoms with Gasteiger partial charge in [-0.25, -0.2) is 4.39 Å². The van der Waals surface area contributed by atoms with Gasteiger partial charge in [0.05, 0.1) is 6.54 Å². The monoisotopic (exact) mass is 516 g/mol. The van der Waals surface area contributed by atoms with Crippen LogP contribution in [0.5, 0.6) is 0 Å². The number of aryl methyl sites for hydroxylation is 1. The highest BCUT2D eigenvalue weighted by molar-refractivity contribution is 9.10. The zero-order valence-electron chi connectivity index (χ0n) is 18.2. The molecule has 0 bridgehead atoms. The summed E-state index contributed by atoms with van der Waals surface area (Å²) in [6.45, 7) is 5.28. The summed E-state index contributed by atoms with van der Waals surface area (Å²) < 4.78 is 14.2. The van der Waals surface area contributed by atoms with Crippen LogP contribution in [0.1, 0.15) is 39.7 Å². The van der Waals surface area contributed by atoms with Crippen molar-refractivity contribution in [2.45, 2.75) is 33.4 Å². The van der Waals surface area contributed by atoms with Gasteiger partial charge in [0.2, 0.25) is 5.91 Å². The van der Waals surface area contributed by atoms with Crippen LogP contribution in [0.25, 0.3) is 0 Å². The van der Waals surface area contributed by atoms with Gasteiger partial charge in [-0.2, -0.15) is 0 Å². The van der Waals surface area contributed by atoms with Crippen LogP contribution >= 0.6 is 27.3 Å². The van der Waals surface area contributed by atoms with Crippen molar-refractivity contribution in [1.29, 1.82) is 0 Å². The fraction of sp³-hybridized carbons (Fsp3) is 0.280. The molecule has 1 aromatic heterocycles. The van der Waals surface area contributed by atoms with Gasteiger partial charge in [-0.05, 0) is 66.2 Å². The summed E-state index contributed by atoms with van der Waals surface area (Å²) in [5.74, 6) is -0.621. The van der Waals surface area contributed by atoms with Crippen molar-refractivity contribution in [3.63, 3.8) is 0 Å². The van der Waals surface area contributed by atoms with Crippen molar-refractivity contribution in [2.75, 3.05) is 13.1 Å². The lowest BCUT2D eigenvalue weighted by atomic mass is 10.1. The fourth-order valence-corrected chi connectivity index (χ4v) is 4.69. The Hall–Kier alpha value is -2.51. The van der Waals surface area contributed by atoms with E-state index in [2.05, 4.69) is 15.9 Å². The predicted molar refractivity (Wildman–Crippen MR) is 130 cm³/mol. The molecular formula is C25H26BrFN2O2S. The molecule has 168 valence electrons. The highest BCUT2D eigenvalue weighted by atomic mass is 79.9. The van der Waals surface area contributed by atoms with Crippen LogP contribution < -0.4 is 0 Å². The second kappa shape index (κ2) is 11.4. The third-order valence-electron chi connectivity index (χ3n) is 5.12. The summed E-state index contributed by atoms with van der Waals surface area (Å²) in [5, 5.41) is 2.01. The van der Waals surface area contributed by atoms with Gasteiger partial charge in [0.1, 0.15) is 12.4 Å². The molecule has 0 fully saturated rings. The van der Waals surface area contributed by atoms with E-state index in [0.29, 0.717) is 25.2 Å². The lowest BCUT2D eigenvalue weighted by molar-refractivity contribution is -0.133. The third kappa shape index (κ3) is 6.50. The number of nitrogens with zero attached hydrogens (tertiary/aromatic N) is 2. The van der Waals surface area contributed by atoms with E-state index >= 15 is 0 Å². The first-order valence-corrected chi connectivity index (χ1v) is 12.1. The van der Waals surface area contributed by atoms with Crippen molar-refractivity contribution < 1.29 is 14.0 Å². The normalized spacial score (nSPS) is 10.8. The minimum absolute atomic E-state index is 0.00912. The Kier molecular flexibility index (Phi) is 8.59. The molecule has 0 spiro atoms. The summed E-state index contributed by atoms with van der Waals surface area (Å²) in [6.07, 6.45) is 0.745. The summed E-state index contributed by atoms with van der Waals surface area (Å²) in [6, 6.07) is 15.4. The topological polar surface area (TPSA) is 40.6 Å². The van der Waals surface area contributed by atoms with Crippen molar-refractivity contribution in [1.82, 2.24) is 9.80 Å². The largest absolute Gasteiger partial charge is 0.332 e. The lowest BCUT2D eigenvalue weighted by Gasteiger charge is -2.28. The van der Waals surface area contributed by atoms with Crippen LogP contribution in [0.2, 0.25) is 0 Å². The Morgan fingerprint density at radius 2 is 1.78 bits per heavy atom. The Labute approximate surface area is 200 Å². The molecule has 7 heteroatoms. The third-order valence-corrected chi connectivity index (χ3v) is 6.62. The van der Waals surface area contributed by atoms with Crippen LogP contribution in [-0.2, 0) is 17.9 Å². The van der Waals surface area contributed by atoms with Crippen molar-refractivity contribution in [3.8, 4) is 0 Å². The lowest BCUT2D eigenvalue weighted by Crippen LogP contribution is -2.42. The Balaban J connectivity index is 1.81. The highest BCUT2D eigenvalue weighted by Crippen LogP contribution is 2.20. The molecule has 3 aromatic rings. The molecule has 3 rings (SSSR count). The minimum atomic E-state index is -0.311. The van der Waals surface area contributed by atoms with Crippen LogP contribution in [0.15, 0.2) is 64.5 Å². The average molecular weight is 517 g/mol. The molecule has 0 N–H and O–H groups in total. The van der Waals surface area contributed by atoms with Crippen LogP contribution in [-0.4, -0.2) is 34.7 Å². The number of rotatable bonds is 9. The summed E-state index contributed by atoms with van der Waals surface area (Å²) >= 11 is 5.01. The van der Waals surface area contributed by atoms with Gasteiger partial charge in [-0.15, -0.1) is 11.3 Å². The maximum Gasteiger partial charge on any atom is 0.254 e. The van der Waals surface area contributed by atoms with Crippen LogP contribution in [0.3, 0.4) is 0 Å². The number of benzene rings is 2. The number of hydrogen-bond donors (Lipinski definition) is 0. The fourth-order valence-electron chi connectivity index (χ4n) is 3.37. The van der Waals surface area contributed by atoms with E-state index in [-0.39, 0.29) is 24.2 Å². The molecule has 0 radical (unpaired) electrons. The first kappa shape index (κ1) is 24.1. The van der Waals surface area contributed by atoms with Gasteiger partial charge in [0, 0.05) is 28.0 Å². The Bertz CT molecular complexity index is 1070.